The van der Waals surface area contributed by atoms with E-state index in [9.17, 15) is 0 Å². The van der Waals surface area contributed by atoms with Crippen molar-refractivity contribution in [3.05, 3.63) is 0 Å². The van der Waals surface area contributed by atoms with Crippen LogP contribution in [0.4, 0.5) is 0 Å². The number of rotatable bonds is 3. The number of thioether (sulfide) groups is 1. The molecule has 0 radical (unpaired) electrons. The number of aliphatic hydroxyl groups is 1. The van der Waals surface area contributed by atoms with Crippen molar-refractivity contribution in [3.63, 3.8) is 0 Å². The van der Waals surface area contributed by atoms with Crippen LogP contribution in [0.1, 0.15) is 12.8 Å². The topological polar surface area (TPSA) is 44.0 Å². The summed E-state index contributed by atoms with van der Waals surface area (Å²) in [6.07, 6.45) is 2.85. The molecule has 0 saturated carbocycles. The van der Waals surface area contributed by atoms with E-state index in [2.05, 4.69) is 0 Å². The summed E-state index contributed by atoms with van der Waals surface area (Å²) in [7, 11) is 0. The third kappa shape index (κ3) is 3.97. The monoisotopic (exact) mass is 131 g/mol. The fraction of sp³-hybridized carbons (Fsp3) is 0.800. The number of nitriles is 1. The van der Waals surface area contributed by atoms with Crippen molar-refractivity contribution in [3.8, 4) is 6.07 Å². The number of hydrogen-bond acceptors (Lipinski definition) is 3. The van der Waals surface area contributed by atoms with Crippen LogP contribution in [-0.4, -0.2) is 16.8 Å². The molecule has 3 heteroatoms. The van der Waals surface area contributed by atoms with Gasteiger partial charge in [0, 0.05) is 6.42 Å². The molecular formula is C5H9NOS. The Morgan fingerprint density at radius 1 is 1.88 bits per heavy atom. The molecule has 0 aliphatic carbocycles. The second-order valence-electron chi connectivity index (χ2n) is 1.39. The zero-order valence-corrected chi connectivity index (χ0v) is 5.61. The molecule has 1 N–H and O–H groups in total. The lowest BCUT2D eigenvalue weighted by molar-refractivity contribution is 0.255. The summed E-state index contributed by atoms with van der Waals surface area (Å²) in [5.41, 5.74) is -0.352. The zero-order chi connectivity index (χ0) is 6.41. The first-order valence-corrected chi connectivity index (χ1v) is 3.68. The summed E-state index contributed by atoms with van der Waals surface area (Å²) in [6.45, 7) is 0. The SMILES string of the molecule is CSC(O)CCC#N. The highest BCUT2D eigenvalue weighted by Gasteiger charge is 1.97. The highest BCUT2D eigenvalue weighted by Crippen LogP contribution is 2.07. The van der Waals surface area contributed by atoms with Gasteiger partial charge in [0.05, 0.1) is 11.5 Å². The minimum absolute atomic E-state index is 0.352. The maximum atomic E-state index is 8.80. The van der Waals surface area contributed by atoms with Gasteiger partial charge in [0.2, 0.25) is 0 Å². The Hall–Kier alpha value is -0.200. The molecule has 1 unspecified atom stereocenters. The molecule has 46 valence electrons. The van der Waals surface area contributed by atoms with Crippen molar-refractivity contribution in [1.82, 2.24) is 0 Å². The predicted octanol–water partition coefficient (Wildman–Crippen LogP) is 0.972. The second kappa shape index (κ2) is 4.95. The third-order valence-electron chi connectivity index (χ3n) is 0.775. The minimum Gasteiger partial charge on any atom is -0.382 e. The minimum atomic E-state index is -0.352. The van der Waals surface area contributed by atoms with Crippen LogP contribution in [0.5, 0.6) is 0 Å². The third-order valence-corrected chi connectivity index (χ3v) is 1.56. The van der Waals surface area contributed by atoms with E-state index in [1.807, 2.05) is 12.3 Å². The quantitative estimate of drug-likeness (QED) is 0.580. The van der Waals surface area contributed by atoms with Crippen LogP contribution >= 0.6 is 11.8 Å². The van der Waals surface area contributed by atoms with Gasteiger partial charge in [-0.1, -0.05) is 0 Å². The Kier molecular flexibility index (Phi) is 4.82. The Bertz CT molecular complexity index is 88.9. The number of hydrogen-bond donors (Lipinski definition) is 1. The molecule has 0 fully saturated rings. The fourth-order valence-electron chi connectivity index (χ4n) is 0.306. The summed E-state index contributed by atoms with van der Waals surface area (Å²) in [5.74, 6) is 0. The summed E-state index contributed by atoms with van der Waals surface area (Å²) in [4.78, 5) is 0. The molecule has 0 heterocycles. The lowest BCUT2D eigenvalue weighted by atomic mass is 10.3. The molecule has 0 bridgehead atoms. The first-order valence-electron chi connectivity index (χ1n) is 2.39. The van der Waals surface area contributed by atoms with Crippen molar-refractivity contribution in [2.24, 2.45) is 0 Å². The lowest BCUT2D eigenvalue weighted by Crippen LogP contribution is -1.97. The van der Waals surface area contributed by atoms with Gasteiger partial charge < -0.3 is 5.11 Å². The van der Waals surface area contributed by atoms with Crippen molar-refractivity contribution >= 4 is 11.8 Å². The van der Waals surface area contributed by atoms with Gasteiger partial charge in [-0.3, -0.25) is 0 Å². The Morgan fingerprint density at radius 2 is 2.50 bits per heavy atom. The van der Waals surface area contributed by atoms with E-state index in [1.54, 1.807) is 0 Å². The molecule has 0 aromatic rings. The molecule has 0 spiro atoms. The standard InChI is InChI=1S/C5H9NOS/c1-8-5(7)3-2-4-6/h5,7H,2-3H2,1H3. The van der Waals surface area contributed by atoms with E-state index in [4.69, 9.17) is 10.4 Å². The van der Waals surface area contributed by atoms with Crippen LogP contribution in [-0.2, 0) is 0 Å². The predicted molar refractivity (Wildman–Crippen MR) is 34.4 cm³/mol. The molecule has 2 nitrogen and oxygen atoms in total. The molecular weight excluding hydrogens is 122 g/mol. The summed E-state index contributed by atoms with van der Waals surface area (Å²) >= 11 is 1.37. The average Bonchev–Trinajstić information content (AvgIpc) is 1.83. The molecule has 0 aromatic heterocycles. The van der Waals surface area contributed by atoms with E-state index in [0.29, 0.717) is 12.8 Å². The van der Waals surface area contributed by atoms with Crippen LogP contribution < -0.4 is 0 Å². The maximum Gasteiger partial charge on any atom is 0.0999 e. The van der Waals surface area contributed by atoms with E-state index in [1.165, 1.54) is 11.8 Å². The van der Waals surface area contributed by atoms with Gasteiger partial charge >= 0.3 is 0 Å². The van der Waals surface area contributed by atoms with E-state index in [-0.39, 0.29) is 5.44 Å². The summed E-state index contributed by atoms with van der Waals surface area (Å²) in [5, 5.41) is 16.8. The number of nitrogens with zero attached hydrogens (tertiary/aromatic N) is 1. The Labute approximate surface area is 53.5 Å². The van der Waals surface area contributed by atoms with E-state index in [0.717, 1.165) is 0 Å². The molecule has 1 atom stereocenters. The van der Waals surface area contributed by atoms with Gasteiger partial charge in [-0.25, -0.2) is 0 Å². The van der Waals surface area contributed by atoms with Crippen LogP contribution in [0, 0.1) is 11.3 Å². The summed E-state index contributed by atoms with van der Waals surface area (Å²) < 4.78 is 0. The van der Waals surface area contributed by atoms with Crippen LogP contribution in [0.25, 0.3) is 0 Å². The smallest absolute Gasteiger partial charge is 0.0999 e. The average molecular weight is 131 g/mol. The molecule has 0 aliphatic heterocycles. The summed E-state index contributed by atoms with van der Waals surface area (Å²) in [6, 6.07) is 1.96. The highest BCUT2D eigenvalue weighted by molar-refractivity contribution is 7.99. The first-order chi connectivity index (χ1) is 3.81. The Balaban J connectivity index is 3.01. The molecule has 0 rings (SSSR count). The van der Waals surface area contributed by atoms with Crippen molar-refractivity contribution in [2.75, 3.05) is 6.26 Å². The Morgan fingerprint density at radius 3 is 2.88 bits per heavy atom. The molecule has 8 heavy (non-hydrogen) atoms. The first kappa shape index (κ1) is 7.80. The molecule has 0 saturated heterocycles. The van der Waals surface area contributed by atoms with Crippen LogP contribution in [0.3, 0.4) is 0 Å². The van der Waals surface area contributed by atoms with E-state index < -0.39 is 0 Å². The van der Waals surface area contributed by atoms with Gasteiger partial charge in [0.25, 0.3) is 0 Å². The van der Waals surface area contributed by atoms with Crippen molar-refractivity contribution < 1.29 is 5.11 Å². The number of aliphatic hydroxyl groups excluding tert-OH is 1. The largest absolute Gasteiger partial charge is 0.382 e. The normalized spacial score (nSPS) is 12.6. The van der Waals surface area contributed by atoms with Gasteiger partial charge in [-0.15, -0.1) is 11.8 Å². The maximum absolute atomic E-state index is 8.80. The van der Waals surface area contributed by atoms with Gasteiger partial charge in [0.15, 0.2) is 0 Å². The molecule has 0 aromatic carbocycles. The second-order valence-corrected chi connectivity index (χ2v) is 2.40. The zero-order valence-electron chi connectivity index (χ0n) is 4.79. The fourth-order valence-corrected chi connectivity index (χ4v) is 0.659. The van der Waals surface area contributed by atoms with Crippen molar-refractivity contribution in [2.45, 2.75) is 18.3 Å². The lowest BCUT2D eigenvalue weighted by Gasteiger charge is -2.00. The van der Waals surface area contributed by atoms with Crippen LogP contribution in [0.15, 0.2) is 0 Å². The molecule has 0 amide bonds. The van der Waals surface area contributed by atoms with Gasteiger partial charge in [0.1, 0.15) is 0 Å². The van der Waals surface area contributed by atoms with E-state index >= 15 is 0 Å². The van der Waals surface area contributed by atoms with Crippen molar-refractivity contribution in [1.29, 1.82) is 5.26 Å². The van der Waals surface area contributed by atoms with Gasteiger partial charge in [-0.05, 0) is 12.7 Å². The van der Waals surface area contributed by atoms with Crippen LogP contribution in [0.2, 0.25) is 0 Å². The van der Waals surface area contributed by atoms with Gasteiger partial charge in [-0.2, -0.15) is 5.26 Å². The highest BCUT2D eigenvalue weighted by atomic mass is 32.2. The molecule has 0 aliphatic rings.